The number of benzene rings is 1. The van der Waals surface area contributed by atoms with Crippen LogP contribution >= 0.6 is 24.0 Å². The molecule has 8 heteroatoms. The second-order valence-corrected chi connectivity index (χ2v) is 6.94. The summed E-state index contributed by atoms with van der Waals surface area (Å²) >= 11 is 0. The number of rotatable bonds is 10. The minimum atomic E-state index is 0. The number of nitrogens with zero attached hydrogens (tertiary/aromatic N) is 3. The number of hydrogen-bond donors (Lipinski definition) is 2. The maximum absolute atomic E-state index is 5.78. The molecule has 0 saturated heterocycles. The zero-order valence-electron chi connectivity index (χ0n) is 17.1. The molecule has 0 fully saturated rings. The second-order valence-electron chi connectivity index (χ2n) is 6.94. The third-order valence-corrected chi connectivity index (χ3v) is 3.99. The summed E-state index contributed by atoms with van der Waals surface area (Å²) in [5, 5.41) is 10.6. The lowest BCUT2D eigenvalue weighted by atomic mass is 10.2. The number of aromatic nitrogens is 2. The summed E-state index contributed by atoms with van der Waals surface area (Å²) < 4.78 is 11.0. The Balaban J connectivity index is 0.00000392. The summed E-state index contributed by atoms with van der Waals surface area (Å²) in [6.07, 6.45) is 0.663. The van der Waals surface area contributed by atoms with Gasteiger partial charge in [0.2, 0.25) is 5.89 Å². The molecule has 0 bridgehead atoms. The van der Waals surface area contributed by atoms with Crippen molar-refractivity contribution in [2.24, 2.45) is 10.9 Å². The van der Waals surface area contributed by atoms with Crippen molar-refractivity contribution < 1.29 is 9.26 Å². The van der Waals surface area contributed by atoms with E-state index in [0.29, 0.717) is 38.0 Å². The van der Waals surface area contributed by atoms with E-state index in [2.05, 4.69) is 44.8 Å². The number of guanidine groups is 1. The van der Waals surface area contributed by atoms with Gasteiger partial charge in [-0.2, -0.15) is 4.98 Å². The van der Waals surface area contributed by atoms with Crippen LogP contribution < -0.4 is 10.6 Å². The Kier molecular flexibility index (Phi) is 11.7. The number of nitrogens with one attached hydrogen (secondary N) is 2. The third-order valence-electron chi connectivity index (χ3n) is 3.99. The quantitative estimate of drug-likeness (QED) is 0.295. The van der Waals surface area contributed by atoms with Crippen molar-refractivity contribution in [3.63, 3.8) is 0 Å². The minimum Gasteiger partial charge on any atom is -0.376 e. The van der Waals surface area contributed by atoms with Gasteiger partial charge in [-0.15, -0.1) is 24.0 Å². The molecule has 156 valence electrons. The van der Waals surface area contributed by atoms with Crippen LogP contribution in [0.25, 0.3) is 0 Å². The molecule has 1 aromatic heterocycles. The van der Waals surface area contributed by atoms with Gasteiger partial charge in [0.15, 0.2) is 11.8 Å². The molecule has 0 aliphatic rings. The topological polar surface area (TPSA) is 84.6 Å². The van der Waals surface area contributed by atoms with E-state index in [1.165, 1.54) is 5.56 Å². The molecule has 0 radical (unpaired) electrons. The number of hydrogen-bond acceptors (Lipinski definition) is 5. The fourth-order valence-corrected chi connectivity index (χ4v) is 2.39. The molecule has 1 aromatic carbocycles. The van der Waals surface area contributed by atoms with E-state index >= 15 is 0 Å². The molecule has 2 rings (SSSR count). The smallest absolute Gasteiger partial charge is 0.228 e. The largest absolute Gasteiger partial charge is 0.376 e. The van der Waals surface area contributed by atoms with Gasteiger partial charge < -0.3 is 19.9 Å². The molecule has 0 aliphatic heterocycles. The van der Waals surface area contributed by atoms with Crippen LogP contribution in [-0.4, -0.2) is 42.8 Å². The average molecular weight is 501 g/mol. The maximum Gasteiger partial charge on any atom is 0.228 e. The van der Waals surface area contributed by atoms with Gasteiger partial charge in [0.05, 0.1) is 13.2 Å². The van der Waals surface area contributed by atoms with Crippen LogP contribution in [-0.2, 0) is 17.8 Å². The van der Waals surface area contributed by atoms with Gasteiger partial charge in [-0.1, -0.05) is 56.3 Å². The molecule has 2 N–H and O–H groups in total. The molecular weight excluding hydrogens is 469 g/mol. The highest BCUT2D eigenvalue weighted by Crippen LogP contribution is 2.09. The van der Waals surface area contributed by atoms with Crippen LogP contribution in [0.2, 0.25) is 0 Å². The van der Waals surface area contributed by atoms with Gasteiger partial charge in [-0.25, -0.2) is 0 Å². The minimum absolute atomic E-state index is 0. The predicted octanol–water partition coefficient (Wildman–Crippen LogP) is 3.37. The summed E-state index contributed by atoms with van der Waals surface area (Å²) in [7, 11) is 1.76. The van der Waals surface area contributed by atoms with Gasteiger partial charge in [0.25, 0.3) is 0 Å². The predicted molar refractivity (Wildman–Crippen MR) is 122 cm³/mol. The van der Waals surface area contributed by atoms with E-state index in [0.717, 1.165) is 18.3 Å². The van der Waals surface area contributed by atoms with Crippen molar-refractivity contribution in [1.29, 1.82) is 0 Å². The lowest BCUT2D eigenvalue weighted by molar-refractivity contribution is 0.0931. The monoisotopic (exact) mass is 501 g/mol. The molecule has 1 unspecified atom stereocenters. The third kappa shape index (κ3) is 9.01. The summed E-state index contributed by atoms with van der Waals surface area (Å²) in [6.45, 7) is 9.04. The number of halogens is 1. The number of aliphatic imine (C=N–C) groups is 1. The van der Waals surface area contributed by atoms with E-state index in [1.807, 2.05) is 32.0 Å². The maximum atomic E-state index is 5.78. The highest BCUT2D eigenvalue weighted by atomic mass is 127. The van der Waals surface area contributed by atoms with E-state index < -0.39 is 0 Å². The summed E-state index contributed by atoms with van der Waals surface area (Å²) in [5.41, 5.74) is 1.19. The fourth-order valence-electron chi connectivity index (χ4n) is 2.39. The summed E-state index contributed by atoms with van der Waals surface area (Å²) in [4.78, 5) is 8.61. The zero-order valence-corrected chi connectivity index (χ0v) is 19.5. The van der Waals surface area contributed by atoms with Crippen LogP contribution in [0.15, 0.2) is 39.8 Å². The van der Waals surface area contributed by atoms with Crippen molar-refractivity contribution in [2.45, 2.75) is 39.7 Å². The lowest BCUT2D eigenvalue weighted by Gasteiger charge is -2.16. The Hall–Kier alpha value is -1.68. The van der Waals surface area contributed by atoms with E-state index in [4.69, 9.17) is 9.26 Å². The van der Waals surface area contributed by atoms with Gasteiger partial charge in [-0.05, 0) is 11.5 Å². The van der Waals surface area contributed by atoms with Gasteiger partial charge in [0.1, 0.15) is 0 Å². The van der Waals surface area contributed by atoms with Gasteiger partial charge in [-0.3, -0.25) is 4.99 Å². The van der Waals surface area contributed by atoms with Crippen molar-refractivity contribution in [3.8, 4) is 0 Å². The first kappa shape index (κ1) is 24.4. The SMILES string of the molecule is CN=C(NCCc1nc(C(C)C)no1)NCC(C)COCc1ccccc1.I. The van der Waals surface area contributed by atoms with Crippen LogP contribution in [0.4, 0.5) is 0 Å². The van der Waals surface area contributed by atoms with Crippen molar-refractivity contribution in [3.05, 3.63) is 47.6 Å². The Labute approximate surface area is 184 Å². The Morgan fingerprint density at radius 2 is 1.93 bits per heavy atom. The second kappa shape index (κ2) is 13.5. The van der Waals surface area contributed by atoms with Gasteiger partial charge >= 0.3 is 0 Å². The molecule has 1 atom stereocenters. The standard InChI is InChI=1S/C20H31N5O2.HI/c1-15(2)19-24-18(27-25-19)10-11-22-20(21-4)23-12-16(3)13-26-14-17-8-6-5-7-9-17;/h5-9,15-16H,10-14H2,1-4H3,(H2,21,22,23);1H. The average Bonchev–Trinajstić information content (AvgIpc) is 3.14. The molecule has 0 aliphatic carbocycles. The van der Waals surface area contributed by atoms with E-state index in [9.17, 15) is 0 Å². The Morgan fingerprint density at radius 1 is 1.18 bits per heavy atom. The van der Waals surface area contributed by atoms with Crippen LogP contribution in [0.1, 0.15) is 44.0 Å². The highest BCUT2D eigenvalue weighted by molar-refractivity contribution is 14.0. The molecule has 0 saturated carbocycles. The Bertz CT molecular complexity index is 691. The first-order valence-corrected chi connectivity index (χ1v) is 9.47. The Morgan fingerprint density at radius 3 is 2.57 bits per heavy atom. The van der Waals surface area contributed by atoms with Crippen LogP contribution in [0.5, 0.6) is 0 Å². The normalized spacial score (nSPS) is 12.5. The van der Waals surface area contributed by atoms with Crippen LogP contribution in [0, 0.1) is 5.92 Å². The first-order valence-electron chi connectivity index (χ1n) is 9.47. The van der Waals surface area contributed by atoms with Crippen LogP contribution in [0.3, 0.4) is 0 Å². The van der Waals surface area contributed by atoms with Crippen molar-refractivity contribution in [2.75, 3.05) is 26.7 Å². The molecule has 0 spiro atoms. The molecular formula is C20H32IN5O2. The summed E-state index contributed by atoms with van der Waals surface area (Å²) in [6, 6.07) is 10.2. The lowest BCUT2D eigenvalue weighted by Crippen LogP contribution is -2.40. The van der Waals surface area contributed by atoms with E-state index in [1.54, 1.807) is 7.05 Å². The first-order chi connectivity index (χ1) is 13.1. The molecule has 1 heterocycles. The molecule has 2 aromatic rings. The van der Waals surface area contributed by atoms with E-state index in [-0.39, 0.29) is 29.9 Å². The summed E-state index contributed by atoms with van der Waals surface area (Å²) in [5.74, 6) is 2.79. The molecule has 0 amide bonds. The molecule has 28 heavy (non-hydrogen) atoms. The van der Waals surface area contributed by atoms with Crippen molar-refractivity contribution in [1.82, 2.24) is 20.8 Å². The van der Waals surface area contributed by atoms with Gasteiger partial charge in [0, 0.05) is 32.5 Å². The fraction of sp³-hybridized carbons (Fsp3) is 0.550. The zero-order chi connectivity index (χ0) is 19.5. The van der Waals surface area contributed by atoms with Crippen molar-refractivity contribution >= 4 is 29.9 Å². The number of ether oxygens (including phenoxy) is 1. The highest BCUT2D eigenvalue weighted by Gasteiger charge is 2.10. The molecule has 7 nitrogen and oxygen atoms in total.